The van der Waals surface area contributed by atoms with Crippen molar-refractivity contribution in [1.29, 1.82) is 0 Å². The zero-order valence-electron chi connectivity index (χ0n) is 8.70. The average Bonchev–Trinajstić information content (AvgIpc) is 2.16. The first-order chi connectivity index (χ1) is 6.57. The van der Waals surface area contributed by atoms with Crippen LogP contribution in [0, 0.1) is 0 Å². The minimum absolute atomic E-state index is 0.0186. The Morgan fingerprint density at radius 3 is 1.86 bits per heavy atom. The monoisotopic (exact) mass is 192 g/mol. The molecule has 0 saturated heterocycles. The van der Waals surface area contributed by atoms with Crippen LogP contribution >= 0.6 is 0 Å². The Morgan fingerprint density at radius 1 is 1.14 bits per heavy atom. The van der Waals surface area contributed by atoms with Crippen molar-refractivity contribution in [3.63, 3.8) is 0 Å². The van der Waals surface area contributed by atoms with Crippen molar-refractivity contribution in [2.75, 3.05) is 0 Å². The summed E-state index contributed by atoms with van der Waals surface area (Å²) in [4.78, 5) is 22.5. The lowest BCUT2D eigenvalue weighted by Crippen LogP contribution is -2.44. The fourth-order valence-electron chi connectivity index (χ4n) is 1.50. The third-order valence-corrected chi connectivity index (χ3v) is 2.13. The van der Waals surface area contributed by atoms with Crippen LogP contribution in [0.4, 0.5) is 0 Å². The number of hydrogen-bond acceptors (Lipinski definition) is 2. The van der Waals surface area contributed by atoms with Gasteiger partial charge in [0.2, 0.25) is 23.0 Å². The molecule has 0 bridgehead atoms. The summed E-state index contributed by atoms with van der Waals surface area (Å²) in [6.45, 7) is 5.56. The van der Waals surface area contributed by atoms with Crippen LogP contribution in [0.1, 0.15) is 41.7 Å². The molecule has 0 aliphatic heterocycles. The van der Waals surface area contributed by atoms with E-state index in [0.29, 0.717) is 17.9 Å². The van der Waals surface area contributed by atoms with E-state index in [9.17, 15) is 9.59 Å². The second kappa shape index (κ2) is 4.13. The fourth-order valence-corrected chi connectivity index (χ4v) is 1.50. The Labute approximate surface area is 83.4 Å². The molecule has 3 nitrogen and oxygen atoms in total. The van der Waals surface area contributed by atoms with Crippen LogP contribution in [0.3, 0.4) is 0 Å². The van der Waals surface area contributed by atoms with Gasteiger partial charge in [-0.05, 0) is 13.0 Å². The minimum atomic E-state index is -0.0186. The van der Waals surface area contributed by atoms with Crippen LogP contribution in [-0.2, 0) is 6.54 Å². The molecule has 1 aromatic heterocycles. The molecule has 0 atom stereocenters. The van der Waals surface area contributed by atoms with Gasteiger partial charge in [0.05, 0.1) is 0 Å². The average molecular weight is 192 g/mol. The molecule has 0 saturated carbocycles. The van der Waals surface area contributed by atoms with E-state index in [4.69, 9.17) is 0 Å². The van der Waals surface area contributed by atoms with Crippen LogP contribution in [-0.4, -0.2) is 11.6 Å². The first-order valence-electron chi connectivity index (χ1n) is 4.62. The molecular weight excluding hydrogens is 178 g/mol. The highest BCUT2D eigenvalue weighted by atomic mass is 16.1. The number of aromatic nitrogens is 1. The third-order valence-electron chi connectivity index (χ3n) is 2.13. The number of hydrogen-bond donors (Lipinski definition) is 0. The number of ketones is 2. The normalized spacial score (nSPS) is 9.93. The molecule has 3 heteroatoms. The smallest absolute Gasteiger partial charge is 0.248 e. The van der Waals surface area contributed by atoms with Crippen molar-refractivity contribution in [2.24, 2.45) is 0 Å². The summed E-state index contributed by atoms with van der Waals surface area (Å²) < 4.78 is 1.74. The number of Topliss-reactive ketones (excluding diaryl/α,β-unsaturated/α-hetero) is 2. The van der Waals surface area contributed by atoms with Crippen LogP contribution in [0.2, 0.25) is 0 Å². The highest BCUT2D eigenvalue weighted by molar-refractivity contribution is 5.93. The van der Waals surface area contributed by atoms with E-state index in [0.717, 1.165) is 0 Å². The maximum atomic E-state index is 11.3. The maximum absolute atomic E-state index is 11.3. The Kier molecular flexibility index (Phi) is 3.12. The molecule has 1 aromatic rings. The Hall–Kier alpha value is -1.51. The van der Waals surface area contributed by atoms with Gasteiger partial charge in [-0.25, -0.2) is 0 Å². The number of carbonyl (C=O) groups is 2. The second-order valence-corrected chi connectivity index (χ2v) is 3.15. The van der Waals surface area contributed by atoms with Gasteiger partial charge in [-0.3, -0.25) is 9.59 Å². The maximum Gasteiger partial charge on any atom is 0.248 e. The van der Waals surface area contributed by atoms with Gasteiger partial charge >= 0.3 is 0 Å². The molecular formula is C11H14NO2+. The minimum Gasteiger partial charge on any atom is -0.288 e. The summed E-state index contributed by atoms with van der Waals surface area (Å²) >= 11 is 0. The van der Waals surface area contributed by atoms with Gasteiger partial charge in [-0.1, -0.05) is 0 Å². The number of nitrogens with zero attached hydrogens (tertiary/aromatic N) is 1. The largest absolute Gasteiger partial charge is 0.288 e. The van der Waals surface area contributed by atoms with Gasteiger partial charge in [-0.2, -0.15) is 4.57 Å². The van der Waals surface area contributed by atoms with E-state index in [-0.39, 0.29) is 11.6 Å². The second-order valence-electron chi connectivity index (χ2n) is 3.15. The lowest BCUT2D eigenvalue weighted by Gasteiger charge is -2.01. The van der Waals surface area contributed by atoms with Crippen molar-refractivity contribution in [1.82, 2.24) is 0 Å². The van der Waals surface area contributed by atoms with Crippen molar-refractivity contribution in [3.8, 4) is 0 Å². The molecule has 0 aliphatic rings. The van der Waals surface area contributed by atoms with Crippen molar-refractivity contribution < 1.29 is 14.2 Å². The fraction of sp³-hybridized carbons (Fsp3) is 0.364. The highest BCUT2D eigenvalue weighted by Gasteiger charge is 2.20. The SMILES string of the molecule is CC[n+]1c(C(C)=O)cccc1C(C)=O. The highest BCUT2D eigenvalue weighted by Crippen LogP contribution is 1.99. The number of pyridine rings is 1. The predicted molar refractivity (Wildman–Crippen MR) is 52.3 cm³/mol. The molecule has 0 radical (unpaired) electrons. The zero-order chi connectivity index (χ0) is 10.7. The van der Waals surface area contributed by atoms with Gasteiger partial charge < -0.3 is 0 Å². The Morgan fingerprint density at radius 2 is 1.57 bits per heavy atom. The quantitative estimate of drug-likeness (QED) is 0.536. The van der Waals surface area contributed by atoms with E-state index in [2.05, 4.69) is 0 Å². The van der Waals surface area contributed by atoms with E-state index in [1.807, 2.05) is 6.92 Å². The van der Waals surface area contributed by atoms with Crippen LogP contribution in [0.15, 0.2) is 18.2 Å². The van der Waals surface area contributed by atoms with E-state index >= 15 is 0 Å². The van der Waals surface area contributed by atoms with Crippen LogP contribution < -0.4 is 4.57 Å². The molecule has 14 heavy (non-hydrogen) atoms. The molecule has 0 fully saturated rings. The van der Waals surface area contributed by atoms with Gasteiger partial charge in [0.15, 0.2) is 0 Å². The van der Waals surface area contributed by atoms with E-state index in [1.54, 1.807) is 22.8 Å². The molecule has 0 unspecified atom stereocenters. The molecule has 0 spiro atoms. The molecule has 0 N–H and O–H groups in total. The third kappa shape index (κ3) is 1.87. The summed E-state index contributed by atoms with van der Waals surface area (Å²) in [5.41, 5.74) is 1.17. The number of rotatable bonds is 3. The van der Waals surface area contributed by atoms with Gasteiger partial charge in [0.1, 0.15) is 6.54 Å². The summed E-state index contributed by atoms with van der Waals surface area (Å²) in [7, 11) is 0. The summed E-state index contributed by atoms with van der Waals surface area (Å²) in [5, 5.41) is 0. The standard InChI is InChI=1S/C11H14NO2/c1-4-12-10(8(2)13)6-5-7-11(12)9(3)14/h5-7H,4H2,1-3H3/q+1. The van der Waals surface area contributed by atoms with Crippen LogP contribution in [0.25, 0.3) is 0 Å². The summed E-state index contributed by atoms with van der Waals surface area (Å²) in [5.74, 6) is -0.0371. The lowest BCUT2D eigenvalue weighted by atomic mass is 10.2. The van der Waals surface area contributed by atoms with Crippen molar-refractivity contribution in [3.05, 3.63) is 29.6 Å². The lowest BCUT2D eigenvalue weighted by molar-refractivity contribution is -0.697. The first kappa shape index (κ1) is 10.6. The molecule has 0 aliphatic carbocycles. The summed E-state index contributed by atoms with van der Waals surface area (Å²) in [6.07, 6.45) is 0. The van der Waals surface area contributed by atoms with E-state index in [1.165, 1.54) is 13.8 Å². The van der Waals surface area contributed by atoms with Gasteiger partial charge in [0, 0.05) is 26.0 Å². The van der Waals surface area contributed by atoms with Crippen molar-refractivity contribution >= 4 is 11.6 Å². The summed E-state index contributed by atoms with van der Waals surface area (Å²) in [6, 6.07) is 5.20. The molecule has 1 rings (SSSR count). The first-order valence-corrected chi connectivity index (χ1v) is 4.62. The molecule has 1 heterocycles. The van der Waals surface area contributed by atoms with Gasteiger partial charge in [-0.15, -0.1) is 0 Å². The Bertz CT molecular complexity index is 351. The van der Waals surface area contributed by atoms with E-state index < -0.39 is 0 Å². The van der Waals surface area contributed by atoms with Crippen molar-refractivity contribution in [2.45, 2.75) is 27.3 Å². The topological polar surface area (TPSA) is 38.0 Å². The molecule has 74 valence electrons. The van der Waals surface area contributed by atoms with Gasteiger partial charge in [0.25, 0.3) is 0 Å². The predicted octanol–water partition coefficient (Wildman–Crippen LogP) is 1.40. The number of carbonyl (C=O) groups excluding carboxylic acids is 2. The molecule has 0 aromatic carbocycles. The van der Waals surface area contributed by atoms with Crippen LogP contribution in [0.5, 0.6) is 0 Å². The zero-order valence-corrected chi connectivity index (χ0v) is 8.70. The molecule has 0 amide bonds. The Balaban J connectivity index is 3.39.